The van der Waals surface area contributed by atoms with Crippen LogP contribution in [0.4, 0.5) is 0 Å². The molecule has 0 aliphatic carbocycles. The third-order valence-electron chi connectivity index (χ3n) is 5.07. The third-order valence-corrected chi connectivity index (χ3v) is 5.07. The number of benzene rings is 3. The molecule has 2 heteroatoms. The normalized spacial score (nSPS) is 12.0. The Kier molecular flexibility index (Phi) is 7.66. The van der Waals surface area contributed by atoms with Gasteiger partial charge in [-0.3, -0.25) is 0 Å². The average Bonchev–Trinajstić information content (AvgIpc) is 2.76. The number of nitrogens with zero attached hydrogens (tertiary/aromatic N) is 1. The molecule has 0 fully saturated rings. The van der Waals surface area contributed by atoms with Crippen LogP contribution in [0.15, 0.2) is 84.9 Å². The van der Waals surface area contributed by atoms with Gasteiger partial charge in [0.1, 0.15) is 12.4 Å². The molecule has 0 aliphatic heterocycles. The van der Waals surface area contributed by atoms with Gasteiger partial charge in [0.05, 0.1) is 0 Å². The highest BCUT2D eigenvalue weighted by atomic mass is 16.5. The molecule has 0 spiro atoms. The molecule has 3 rings (SSSR count). The lowest BCUT2D eigenvalue weighted by Gasteiger charge is -2.17. The standard InChI is InChI=1S/C27H31NO/c1-4-26(24-15-17-25(18-16-24)29-20-19-28(2)3)27(23-13-9-6-10-14-23)21-22-11-7-5-8-12-22/h5-18H,4,19-21H2,1-3H3/b27-26-. The van der Waals surface area contributed by atoms with Crippen LogP contribution in [0.25, 0.3) is 11.1 Å². The minimum atomic E-state index is 0.700. The van der Waals surface area contributed by atoms with Gasteiger partial charge in [0.2, 0.25) is 0 Å². The Morgan fingerprint density at radius 2 is 1.31 bits per heavy atom. The van der Waals surface area contributed by atoms with Crippen LogP contribution >= 0.6 is 0 Å². The Labute approximate surface area is 175 Å². The van der Waals surface area contributed by atoms with Crippen molar-refractivity contribution in [3.8, 4) is 5.75 Å². The van der Waals surface area contributed by atoms with Crippen molar-refractivity contribution >= 4 is 11.1 Å². The van der Waals surface area contributed by atoms with Crippen LogP contribution in [0.1, 0.15) is 30.0 Å². The second-order valence-electron chi connectivity index (χ2n) is 7.52. The number of hydrogen-bond acceptors (Lipinski definition) is 2. The molecule has 0 aromatic heterocycles. The summed E-state index contributed by atoms with van der Waals surface area (Å²) in [6.45, 7) is 3.86. The van der Waals surface area contributed by atoms with Crippen LogP contribution in [0.5, 0.6) is 5.75 Å². The van der Waals surface area contributed by atoms with Crippen molar-refractivity contribution in [2.45, 2.75) is 19.8 Å². The molecule has 150 valence electrons. The van der Waals surface area contributed by atoms with E-state index in [1.54, 1.807) is 0 Å². The van der Waals surface area contributed by atoms with Gasteiger partial charge in [0.25, 0.3) is 0 Å². The summed E-state index contributed by atoms with van der Waals surface area (Å²) in [6.07, 6.45) is 1.91. The molecule has 0 bridgehead atoms. The van der Waals surface area contributed by atoms with Crippen molar-refractivity contribution in [2.75, 3.05) is 27.2 Å². The molecule has 0 radical (unpaired) electrons. The van der Waals surface area contributed by atoms with Crippen molar-refractivity contribution in [3.05, 3.63) is 102 Å². The zero-order valence-corrected chi connectivity index (χ0v) is 17.8. The van der Waals surface area contributed by atoms with Gasteiger partial charge in [-0.15, -0.1) is 0 Å². The van der Waals surface area contributed by atoms with Gasteiger partial charge in [0, 0.05) is 6.54 Å². The van der Waals surface area contributed by atoms with E-state index in [1.165, 1.54) is 27.8 Å². The maximum atomic E-state index is 5.87. The Hall–Kier alpha value is -2.84. The monoisotopic (exact) mass is 385 g/mol. The SMILES string of the molecule is CC/C(=C(\Cc1ccccc1)c1ccccc1)c1ccc(OCCN(C)C)cc1. The summed E-state index contributed by atoms with van der Waals surface area (Å²) in [5, 5.41) is 0. The Morgan fingerprint density at radius 1 is 0.724 bits per heavy atom. The number of likely N-dealkylation sites (N-methyl/N-ethyl adjacent to an activating group) is 1. The van der Waals surface area contributed by atoms with Gasteiger partial charge in [0.15, 0.2) is 0 Å². The minimum Gasteiger partial charge on any atom is -0.492 e. The topological polar surface area (TPSA) is 12.5 Å². The van der Waals surface area contributed by atoms with Crippen LogP contribution in [0.2, 0.25) is 0 Å². The second-order valence-corrected chi connectivity index (χ2v) is 7.52. The van der Waals surface area contributed by atoms with E-state index in [0.717, 1.165) is 25.1 Å². The fourth-order valence-electron chi connectivity index (χ4n) is 3.51. The summed E-state index contributed by atoms with van der Waals surface area (Å²) in [4.78, 5) is 2.13. The summed E-state index contributed by atoms with van der Waals surface area (Å²) in [5.41, 5.74) is 6.67. The molecule has 29 heavy (non-hydrogen) atoms. The van der Waals surface area contributed by atoms with E-state index in [4.69, 9.17) is 4.74 Å². The molecule has 0 heterocycles. The van der Waals surface area contributed by atoms with Crippen LogP contribution in [0.3, 0.4) is 0 Å². The smallest absolute Gasteiger partial charge is 0.119 e. The summed E-state index contributed by atoms with van der Waals surface area (Å²) >= 11 is 0. The summed E-state index contributed by atoms with van der Waals surface area (Å²) in [5.74, 6) is 0.926. The van der Waals surface area contributed by atoms with Crippen LogP contribution in [-0.2, 0) is 6.42 Å². The Balaban J connectivity index is 1.92. The molecule has 3 aromatic rings. The Bertz CT molecular complexity index is 896. The first-order valence-corrected chi connectivity index (χ1v) is 10.4. The van der Waals surface area contributed by atoms with E-state index in [2.05, 4.69) is 111 Å². The first-order valence-electron chi connectivity index (χ1n) is 10.4. The fourth-order valence-corrected chi connectivity index (χ4v) is 3.51. The van der Waals surface area contributed by atoms with Crippen LogP contribution in [-0.4, -0.2) is 32.1 Å². The molecular formula is C27H31NO. The van der Waals surface area contributed by atoms with Gasteiger partial charge in [-0.05, 0) is 66.9 Å². The largest absolute Gasteiger partial charge is 0.492 e. The molecule has 0 atom stereocenters. The predicted octanol–water partition coefficient (Wildman–Crippen LogP) is 6.19. The summed E-state index contributed by atoms with van der Waals surface area (Å²) in [6, 6.07) is 30.0. The second kappa shape index (κ2) is 10.6. The first-order chi connectivity index (χ1) is 14.2. The van der Waals surface area contributed by atoms with Gasteiger partial charge < -0.3 is 9.64 Å². The van der Waals surface area contributed by atoms with Crippen molar-refractivity contribution in [1.29, 1.82) is 0 Å². The van der Waals surface area contributed by atoms with Crippen LogP contribution in [0, 0.1) is 0 Å². The van der Waals surface area contributed by atoms with Gasteiger partial charge >= 0.3 is 0 Å². The fraction of sp³-hybridized carbons (Fsp3) is 0.259. The van der Waals surface area contributed by atoms with E-state index < -0.39 is 0 Å². The summed E-state index contributed by atoms with van der Waals surface area (Å²) < 4.78 is 5.87. The molecule has 0 unspecified atom stereocenters. The van der Waals surface area contributed by atoms with Gasteiger partial charge in [-0.1, -0.05) is 79.7 Å². The molecule has 0 amide bonds. The maximum absolute atomic E-state index is 5.87. The predicted molar refractivity (Wildman–Crippen MR) is 124 cm³/mol. The Morgan fingerprint density at radius 3 is 1.90 bits per heavy atom. The molecule has 0 N–H and O–H groups in total. The number of allylic oxidation sites excluding steroid dienone is 2. The van der Waals surface area contributed by atoms with Gasteiger partial charge in [-0.2, -0.15) is 0 Å². The highest BCUT2D eigenvalue weighted by Gasteiger charge is 2.11. The van der Waals surface area contributed by atoms with E-state index in [-0.39, 0.29) is 0 Å². The van der Waals surface area contributed by atoms with Gasteiger partial charge in [-0.25, -0.2) is 0 Å². The number of rotatable bonds is 9. The quantitative estimate of drug-likeness (QED) is 0.407. The highest BCUT2D eigenvalue weighted by Crippen LogP contribution is 2.32. The molecule has 0 aliphatic rings. The third kappa shape index (κ3) is 6.07. The molecular weight excluding hydrogens is 354 g/mol. The number of hydrogen-bond donors (Lipinski definition) is 0. The highest BCUT2D eigenvalue weighted by molar-refractivity contribution is 5.91. The lowest BCUT2D eigenvalue weighted by atomic mass is 9.89. The lowest BCUT2D eigenvalue weighted by Crippen LogP contribution is -2.19. The molecule has 0 saturated carbocycles. The number of ether oxygens (including phenoxy) is 1. The molecule has 3 aromatic carbocycles. The van der Waals surface area contributed by atoms with Crippen molar-refractivity contribution in [3.63, 3.8) is 0 Å². The average molecular weight is 386 g/mol. The first kappa shape index (κ1) is 20.9. The van der Waals surface area contributed by atoms with E-state index in [0.29, 0.717) is 6.61 Å². The molecule has 2 nitrogen and oxygen atoms in total. The zero-order valence-electron chi connectivity index (χ0n) is 17.8. The summed E-state index contributed by atoms with van der Waals surface area (Å²) in [7, 11) is 4.12. The van der Waals surface area contributed by atoms with Crippen molar-refractivity contribution < 1.29 is 4.74 Å². The molecule has 0 saturated heterocycles. The van der Waals surface area contributed by atoms with E-state index in [1.807, 2.05) is 0 Å². The van der Waals surface area contributed by atoms with Crippen molar-refractivity contribution in [2.24, 2.45) is 0 Å². The minimum absolute atomic E-state index is 0.700. The van der Waals surface area contributed by atoms with Crippen LogP contribution < -0.4 is 4.74 Å². The van der Waals surface area contributed by atoms with Crippen molar-refractivity contribution in [1.82, 2.24) is 4.90 Å². The van der Waals surface area contributed by atoms with E-state index in [9.17, 15) is 0 Å². The maximum Gasteiger partial charge on any atom is 0.119 e. The van der Waals surface area contributed by atoms with E-state index >= 15 is 0 Å². The zero-order chi connectivity index (χ0) is 20.5. The lowest BCUT2D eigenvalue weighted by molar-refractivity contribution is 0.261.